The van der Waals surface area contributed by atoms with E-state index in [0.29, 0.717) is 29.4 Å². The lowest BCUT2D eigenvalue weighted by molar-refractivity contribution is 0.0589. The Morgan fingerprint density at radius 2 is 1.86 bits per heavy atom. The highest BCUT2D eigenvalue weighted by Crippen LogP contribution is 2.28. The average molecular weight is 290 g/mol. The zero-order valence-corrected chi connectivity index (χ0v) is 12.3. The van der Waals surface area contributed by atoms with Gasteiger partial charge in [-0.1, -0.05) is 6.07 Å². The van der Waals surface area contributed by atoms with Crippen LogP contribution in [0, 0.1) is 0 Å². The number of rotatable bonds is 5. The van der Waals surface area contributed by atoms with Crippen LogP contribution in [0.4, 0.5) is 5.69 Å². The van der Waals surface area contributed by atoms with Gasteiger partial charge in [0.2, 0.25) is 0 Å². The largest absolute Gasteiger partial charge is 0.493 e. The van der Waals surface area contributed by atoms with Crippen molar-refractivity contribution in [2.45, 2.75) is 6.54 Å². The van der Waals surface area contributed by atoms with E-state index in [0.717, 1.165) is 5.56 Å². The molecule has 2 rings (SSSR count). The third kappa shape index (κ3) is 3.10. The summed E-state index contributed by atoms with van der Waals surface area (Å²) in [6.07, 6.45) is 1.70. The Morgan fingerprint density at radius 1 is 1.14 bits per heavy atom. The summed E-state index contributed by atoms with van der Waals surface area (Å²) in [5.41, 5.74) is 7.62. The van der Waals surface area contributed by atoms with E-state index in [1.807, 2.05) is 18.2 Å². The van der Waals surface area contributed by atoms with Crippen molar-refractivity contribution in [2.75, 3.05) is 27.1 Å². The van der Waals surface area contributed by atoms with Crippen molar-refractivity contribution in [2.24, 2.45) is 0 Å². The van der Waals surface area contributed by atoms with Crippen molar-refractivity contribution in [1.29, 1.82) is 0 Å². The smallest absolute Gasteiger partial charge is 0.354 e. The Morgan fingerprint density at radius 3 is 2.48 bits per heavy atom. The van der Waals surface area contributed by atoms with E-state index in [2.05, 4.69) is 0 Å². The van der Waals surface area contributed by atoms with Crippen molar-refractivity contribution in [3.05, 3.63) is 41.7 Å². The van der Waals surface area contributed by atoms with Crippen LogP contribution in [0.2, 0.25) is 0 Å². The van der Waals surface area contributed by atoms with E-state index in [-0.39, 0.29) is 0 Å². The fraction of sp³-hybridized carbons (Fsp3) is 0.267. The number of carbonyl (C=O) groups is 1. The number of hydrogen-bond acceptors (Lipinski definition) is 5. The molecule has 0 aliphatic carbocycles. The summed E-state index contributed by atoms with van der Waals surface area (Å²) in [5.74, 6) is 0.864. The quantitative estimate of drug-likeness (QED) is 0.851. The van der Waals surface area contributed by atoms with Crippen LogP contribution in [0.15, 0.2) is 30.5 Å². The van der Waals surface area contributed by atoms with Gasteiger partial charge >= 0.3 is 5.97 Å². The molecule has 0 amide bonds. The maximum atomic E-state index is 11.7. The number of methoxy groups -OCH3 is 3. The number of nitrogen functional groups attached to an aromatic ring is 1. The average Bonchev–Trinajstić information content (AvgIpc) is 2.86. The highest BCUT2D eigenvalue weighted by Gasteiger charge is 2.14. The van der Waals surface area contributed by atoms with Gasteiger partial charge in [0.25, 0.3) is 0 Å². The lowest BCUT2D eigenvalue weighted by atomic mass is 10.2. The summed E-state index contributed by atoms with van der Waals surface area (Å²) in [4.78, 5) is 11.7. The topological polar surface area (TPSA) is 75.7 Å². The first-order valence-corrected chi connectivity index (χ1v) is 6.34. The van der Waals surface area contributed by atoms with E-state index < -0.39 is 5.97 Å². The van der Waals surface area contributed by atoms with Crippen LogP contribution in [0.1, 0.15) is 16.1 Å². The third-order valence-electron chi connectivity index (χ3n) is 3.11. The molecule has 1 heterocycles. The van der Waals surface area contributed by atoms with Crippen LogP contribution < -0.4 is 15.2 Å². The zero-order chi connectivity index (χ0) is 15.4. The van der Waals surface area contributed by atoms with E-state index in [4.69, 9.17) is 19.9 Å². The first-order chi connectivity index (χ1) is 10.1. The molecule has 6 nitrogen and oxygen atoms in total. The van der Waals surface area contributed by atoms with Crippen molar-refractivity contribution in [3.8, 4) is 11.5 Å². The molecule has 21 heavy (non-hydrogen) atoms. The minimum Gasteiger partial charge on any atom is -0.493 e. The number of nitrogens with two attached hydrogens (primary N) is 1. The third-order valence-corrected chi connectivity index (χ3v) is 3.11. The summed E-state index contributed by atoms with van der Waals surface area (Å²) < 4.78 is 17.0. The molecule has 0 aliphatic heterocycles. The molecule has 0 spiro atoms. The summed E-state index contributed by atoms with van der Waals surface area (Å²) in [5, 5.41) is 0. The lowest BCUT2D eigenvalue weighted by Gasteiger charge is -2.11. The highest BCUT2D eigenvalue weighted by molar-refractivity contribution is 5.89. The zero-order valence-electron chi connectivity index (χ0n) is 12.3. The second kappa shape index (κ2) is 6.21. The Kier molecular flexibility index (Phi) is 4.37. The summed E-state index contributed by atoms with van der Waals surface area (Å²) in [6.45, 7) is 0.474. The molecule has 0 radical (unpaired) electrons. The van der Waals surface area contributed by atoms with E-state index in [1.165, 1.54) is 7.11 Å². The van der Waals surface area contributed by atoms with Crippen molar-refractivity contribution >= 4 is 11.7 Å². The maximum Gasteiger partial charge on any atom is 0.354 e. The molecule has 2 N–H and O–H groups in total. The minimum absolute atomic E-state index is 0.407. The van der Waals surface area contributed by atoms with Crippen molar-refractivity contribution in [3.63, 3.8) is 0 Å². The number of aromatic nitrogens is 1. The number of anilines is 1. The first kappa shape index (κ1) is 14.8. The first-order valence-electron chi connectivity index (χ1n) is 6.34. The highest BCUT2D eigenvalue weighted by atomic mass is 16.5. The maximum absolute atomic E-state index is 11.7. The van der Waals surface area contributed by atoms with Gasteiger partial charge < -0.3 is 24.5 Å². The predicted octanol–water partition coefficient (Wildman–Crippen LogP) is 1.92. The second-order valence-electron chi connectivity index (χ2n) is 4.47. The molecule has 0 saturated heterocycles. The molecule has 0 unspecified atom stereocenters. The van der Waals surface area contributed by atoms with Gasteiger partial charge in [-0.2, -0.15) is 0 Å². The Balaban J connectivity index is 2.32. The van der Waals surface area contributed by atoms with Crippen molar-refractivity contribution < 1.29 is 19.0 Å². The predicted molar refractivity (Wildman–Crippen MR) is 78.8 cm³/mol. The molecule has 0 atom stereocenters. The molecule has 0 aliphatic rings. The Bertz CT molecular complexity index is 649. The van der Waals surface area contributed by atoms with Crippen molar-refractivity contribution in [1.82, 2.24) is 4.57 Å². The van der Waals surface area contributed by atoms with E-state index in [1.54, 1.807) is 31.0 Å². The van der Waals surface area contributed by atoms with E-state index >= 15 is 0 Å². The Labute approximate surface area is 123 Å². The molecule has 2 aromatic rings. The summed E-state index contributed by atoms with van der Waals surface area (Å²) in [7, 11) is 4.50. The molecule has 0 bridgehead atoms. The monoisotopic (exact) mass is 290 g/mol. The van der Waals surface area contributed by atoms with Crippen LogP contribution in [0.25, 0.3) is 0 Å². The van der Waals surface area contributed by atoms with Gasteiger partial charge in [-0.25, -0.2) is 4.79 Å². The van der Waals surface area contributed by atoms with Gasteiger partial charge in [0, 0.05) is 12.7 Å². The van der Waals surface area contributed by atoms with Gasteiger partial charge in [0.05, 0.1) is 27.0 Å². The molecular formula is C15H18N2O4. The fourth-order valence-corrected chi connectivity index (χ4v) is 2.11. The summed E-state index contributed by atoms with van der Waals surface area (Å²) >= 11 is 0. The van der Waals surface area contributed by atoms with E-state index in [9.17, 15) is 4.79 Å². The number of hydrogen-bond donors (Lipinski definition) is 1. The molecule has 1 aromatic carbocycles. The fourth-order valence-electron chi connectivity index (χ4n) is 2.11. The molecule has 0 saturated carbocycles. The molecule has 6 heteroatoms. The number of esters is 1. The molecular weight excluding hydrogens is 272 g/mol. The molecule has 0 fully saturated rings. The van der Waals surface area contributed by atoms with Crippen LogP contribution in [-0.2, 0) is 11.3 Å². The number of nitrogens with zero attached hydrogens (tertiary/aromatic N) is 1. The minimum atomic E-state index is -0.424. The van der Waals surface area contributed by atoms with Gasteiger partial charge in [-0.3, -0.25) is 0 Å². The SMILES string of the molecule is COC(=O)c1cc(N)cn1Cc1ccc(OC)c(OC)c1. The summed E-state index contributed by atoms with van der Waals surface area (Å²) in [6, 6.07) is 7.17. The Hall–Kier alpha value is -2.63. The molecule has 1 aromatic heterocycles. The molecule has 112 valence electrons. The van der Waals surface area contributed by atoms with Crippen LogP contribution in [0.3, 0.4) is 0 Å². The second-order valence-corrected chi connectivity index (χ2v) is 4.47. The van der Waals surface area contributed by atoms with Crippen LogP contribution in [0.5, 0.6) is 11.5 Å². The van der Waals surface area contributed by atoms with Gasteiger partial charge in [0.1, 0.15) is 5.69 Å². The number of benzene rings is 1. The normalized spacial score (nSPS) is 10.2. The number of ether oxygens (including phenoxy) is 3. The van der Waals surface area contributed by atoms with Crippen LogP contribution >= 0.6 is 0 Å². The van der Waals surface area contributed by atoms with Crippen LogP contribution in [-0.4, -0.2) is 31.9 Å². The van der Waals surface area contributed by atoms with Gasteiger partial charge in [0.15, 0.2) is 11.5 Å². The number of carbonyl (C=O) groups excluding carboxylic acids is 1. The van der Waals surface area contributed by atoms with Gasteiger partial charge in [-0.05, 0) is 23.8 Å². The standard InChI is InChI=1S/C15H18N2O4/c1-19-13-5-4-10(6-14(13)20-2)8-17-9-11(16)7-12(17)15(18)21-3/h4-7,9H,8,16H2,1-3H3. The van der Waals surface area contributed by atoms with Gasteiger partial charge in [-0.15, -0.1) is 0 Å². The lowest BCUT2D eigenvalue weighted by Crippen LogP contribution is -2.10.